The molecule has 1 aromatic rings. The number of nitrogens with one attached hydrogen (secondary N) is 1. The minimum absolute atomic E-state index is 0.150. The standard InChI is InChI=1S/C11H16FNO3/c1-7(11(2,3)14)16-10-6-8(12)4-5-9(10)13-15/h4-7,13-15H,1-3H3. The van der Waals surface area contributed by atoms with Crippen LogP contribution in [0.3, 0.4) is 0 Å². The first kappa shape index (κ1) is 12.7. The zero-order valence-corrected chi connectivity index (χ0v) is 9.49. The molecule has 3 N–H and O–H groups in total. The van der Waals surface area contributed by atoms with Crippen LogP contribution in [0.5, 0.6) is 5.75 Å². The molecule has 1 aromatic carbocycles. The maximum atomic E-state index is 13.0. The van der Waals surface area contributed by atoms with Crippen molar-refractivity contribution in [2.24, 2.45) is 0 Å². The molecule has 0 saturated heterocycles. The van der Waals surface area contributed by atoms with Crippen LogP contribution < -0.4 is 10.2 Å². The maximum Gasteiger partial charge on any atom is 0.148 e. The van der Waals surface area contributed by atoms with Gasteiger partial charge in [0, 0.05) is 6.07 Å². The van der Waals surface area contributed by atoms with Crippen LogP contribution >= 0.6 is 0 Å². The normalized spacial score (nSPS) is 13.4. The van der Waals surface area contributed by atoms with Crippen molar-refractivity contribution in [3.8, 4) is 5.75 Å². The summed E-state index contributed by atoms with van der Waals surface area (Å²) < 4.78 is 18.3. The molecule has 0 radical (unpaired) electrons. The number of hydrogen-bond acceptors (Lipinski definition) is 4. The molecule has 0 spiro atoms. The molecular weight excluding hydrogens is 213 g/mol. The van der Waals surface area contributed by atoms with E-state index in [1.54, 1.807) is 20.8 Å². The van der Waals surface area contributed by atoms with Crippen molar-refractivity contribution in [3.63, 3.8) is 0 Å². The summed E-state index contributed by atoms with van der Waals surface area (Å²) in [5.41, 5.74) is 1.10. The summed E-state index contributed by atoms with van der Waals surface area (Å²) in [6.07, 6.45) is -0.540. The Morgan fingerprint density at radius 3 is 2.56 bits per heavy atom. The van der Waals surface area contributed by atoms with Gasteiger partial charge < -0.3 is 9.84 Å². The highest BCUT2D eigenvalue weighted by atomic mass is 19.1. The summed E-state index contributed by atoms with van der Waals surface area (Å²) in [6.45, 7) is 4.83. The molecule has 0 amide bonds. The van der Waals surface area contributed by atoms with Crippen molar-refractivity contribution in [1.29, 1.82) is 0 Å². The summed E-state index contributed by atoms with van der Waals surface area (Å²) in [5, 5.41) is 18.5. The van der Waals surface area contributed by atoms with E-state index >= 15 is 0 Å². The first-order valence-electron chi connectivity index (χ1n) is 4.93. The molecular formula is C11H16FNO3. The fourth-order valence-electron chi connectivity index (χ4n) is 1.02. The van der Waals surface area contributed by atoms with Gasteiger partial charge in [-0.25, -0.2) is 4.39 Å². The fraction of sp³-hybridized carbons (Fsp3) is 0.455. The molecule has 4 nitrogen and oxygen atoms in total. The highest BCUT2D eigenvalue weighted by Gasteiger charge is 2.25. The van der Waals surface area contributed by atoms with Crippen LogP contribution in [-0.4, -0.2) is 22.0 Å². The molecule has 0 aliphatic heterocycles. The van der Waals surface area contributed by atoms with E-state index in [1.165, 1.54) is 12.1 Å². The molecule has 0 aromatic heterocycles. The van der Waals surface area contributed by atoms with Crippen molar-refractivity contribution >= 4 is 5.69 Å². The molecule has 1 rings (SSSR count). The van der Waals surface area contributed by atoms with Crippen molar-refractivity contribution < 1.29 is 19.4 Å². The Kier molecular flexibility index (Phi) is 3.72. The zero-order chi connectivity index (χ0) is 12.3. The largest absolute Gasteiger partial charge is 0.485 e. The van der Waals surface area contributed by atoms with Gasteiger partial charge in [0.2, 0.25) is 0 Å². The van der Waals surface area contributed by atoms with Gasteiger partial charge in [0.05, 0.1) is 5.60 Å². The van der Waals surface area contributed by atoms with Crippen LogP contribution in [0.2, 0.25) is 0 Å². The summed E-state index contributed by atoms with van der Waals surface area (Å²) in [4.78, 5) is 0. The lowest BCUT2D eigenvalue weighted by molar-refractivity contribution is -0.0240. The Morgan fingerprint density at radius 1 is 1.44 bits per heavy atom. The molecule has 0 bridgehead atoms. The lowest BCUT2D eigenvalue weighted by atomic mass is 10.0. The van der Waals surface area contributed by atoms with E-state index in [0.717, 1.165) is 6.07 Å². The van der Waals surface area contributed by atoms with Crippen molar-refractivity contribution in [1.82, 2.24) is 0 Å². The fourth-order valence-corrected chi connectivity index (χ4v) is 1.02. The molecule has 0 aliphatic rings. The second-order valence-electron chi connectivity index (χ2n) is 4.17. The van der Waals surface area contributed by atoms with Gasteiger partial charge in [-0.05, 0) is 32.9 Å². The molecule has 5 heteroatoms. The molecule has 0 saturated carbocycles. The molecule has 0 heterocycles. The zero-order valence-electron chi connectivity index (χ0n) is 9.49. The minimum atomic E-state index is -1.06. The molecule has 1 atom stereocenters. The summed E-state index contributed by atoms with van der Waals surface area (Å²) >= 11 is 0. The second-order valence-corrected chi connectivity index (χ2v) is 4.17. The van der Waals surface area contributed by atoms with Crippen LogP contribution in [0, 0.1) is 5.82 Å². The van der Waals surface area contributed by atoms with Crippen LogP contribution in [0.4, 0.5) is 10.1 Å². The molecule has 1 unspecified atom stereocenters. The second kappa shape index (κ2) is 4.67. The number of benzene rings is 1. The summed E-state index contributed by atoms with van der Waals surface area (Å²) in [7, 11) is 0. The van der Waals surface area contributed by atoms with Crippen molar-refractivity contribution in [2.75, 3.05) is 5.48 Å². The van der Waals surface area contributed by atoms with Crippen LogP contribution in [0.25, 0.3) is 0 Å². The summed E-state index contributed by atoms with van der Waals surface area (Å²) in [6, 6.07) is 3.68. The van der Waals surface area contributed by atoms with Gasteiger partial charge >= 0.3 is 0 Å². The predicted octanol–water partition coefficient (Wildman–Crippen LogP) is 2.17. The van der Waals surface area contributed by atoms with E-state index in [-0.39, 0.29) is 11.4 Å². The molecule has 16 heavy (non-hydrogen) atoms. The number of ether oxygens (including phenoxy) is 1. The minimum Gasteiger partial charge on any atom is -0.485 e. The van der Waals surface area contributed by atoms with E-state index in [9.17, 15) is 9.50 Å². The third-order valence-corrected chi connectivity index (χ3v) is 2.36. The van der Waals surface area contributed by atoms with E-state index in [4.69, 9.17) is 9.94 Å². The molecule has 90 valence electrons. The quantitative estimate of drug-likeness (QED) is 0.692. The Morgan fingerprint density at radius 2 is 2.06 bits per heavy atom. The number of hydrogen-bond donors (Lipinski definition) is 3. The number of rotatable bonds is 4. The molecule has 0 fully saturated rings. The number of anilines is 1. The first-order valence-corrected chi connectivity index (χ1v) is 4.93. The van der Waals surface area contributed by atoms with Crippen molar-refractivity contribution in [2.45, 2.75) is 32.5 Å². The third kappa shape index (κ3) is 3.08. The van der Waals surface area contributed by atoms with Crippen molar-refractivity contribution in [3.05, 3.63) is 24.0 Å². The van der Waals surface area contributed by atoms with Gasteiger partial charge in [-0.3, -0.25) is 10.7 Å². The number of aliphatic hydroxyl groups is 1. The van der Waals surface area contributed by atoms with Gasteiger partial charge in [-0.15, -0.1) is 0 Å². The molecule has 0 aliphatic carbocycles. The Balaban J connectivity index is 2.91. The smallest absolute Gasteiger partial charge is 0.148 e. The summed E-state index contributed by atoms with van der Waals surface area (Å²) in [5.74, 6) is -0.325. The van der Waals surface area contributed by atoms with Gasteiger partial charge in [-0.2, -0.15) is 0 Å². The van der Waals surface area contributed by atoms with Crippen LogP contribution in [0.1, 0.15) is 20.8 Å². The van der Waals surface area contributed by atoms with Crippen LogP contribution in [0.15, 0.2) is 18.2 Å². The van der Waals surface area contributed by atoms with E-state index in [0.29, 0.717) is 0 Å². The maximum absolute atomic E-state index is 13.0. The Bertz CT molecular complexity index is 363. The topological polar surface area (TPSA) is 61.7 Å². The predicted molar refractivity (Wildman–Crippen MR) is 58.2 cm³/mol. The van der Waals surface area contributed by atoms with Gasteiger partial charge in [0.15, 0.2) is 0 Å². The average Bonchev–Trinajstić information content (AvgIpc) is 2.16. The lowest BCUT2D eigenvalue weighted by Gasteiger charge is -2.27. The average molecular weight is 229 g/mol. The highest BCUT2D eigenvalue weighted by Crippen LogP contribution is 2.27. The first-order chi connectivity index (χ1) is 7.34. The SMILES string of the molecule is CC(Oc1cc(F)ccc1NO)C(C)(C)O. The van der Waals surface area contributed by atoms with Gasteiger partial charge in [0.25, 0.3) is 0 Å². The van der Waals surface area contributed by atoms with Crippen LogP contribution in [-0.2, 0) is 0 Å². The Hall–Kier alpha value is -1.33. The Labute approximate surface area is 93.6 Å². The number of halogens is 1. The monoisotopic (exact) mass is 229 g/mol. The van der Waals surface area contributed by atoms with Gasteiger partial charge in [-0.1, -0.05) is 0 Å². The lowest BCUT2D eigenvalue weighted by Crippen LogP contribution is -2.38. The van der Waals surface area contributed by atoms with E-state index < -0.39 is 17.5 Å². The van der Waals surface area contributed by atoms with E-state index in [2.05, 4.69) is 0 Å². The highest BCUT2D eigenvalue weighted by molar-refractivity contribution is 5.54. The third-order valence-electron chi connectivity index (χ3n) is 2.36. The van der Waals surface area contributed by atoms with E-state index in [1.807, 2.05) is 5.48 Å². The van der Waals surface area contributed by atoms with Gasteiger partial charge in [0.1, 0.15) is 23.4 Å².